The van der Waals surface area contributed by atoms with Crippen molar-refractivity contribution >= 4 is 23.4 Å². The first-order chi connectivity index (χ1) is 11.1. The van der Waals surface area contributed by atoms with E-state index in [0.29, 0.717) is 27.5 Å². The standard InChI is InChI=1S/C15H15ClN4O2S/c1-8-12(9(2)22-20-8)7-23-15-17-14(18-19-15)11-6-10(16)4-5-13(11)21-3/h4-6H,7H2,1-3H3,(H,17,18,19). The third-order valence-corrected chi connectivity index (χ3v) is 4.52. The van der Waals surface area contributed by atoms with E-state index in [4.69, 9.17) is 20.9 Å². The Labute approximate surface area is 142 Å². The van der Waals surface area contributed by atoms with E-state index in [1.807, 2.05) is 13.8 Å². The Balaban J connectivity index is 1.80. The number of nitrogens with one attached hydrogen (secondary N) is 1. The Bertz CT molecular complexity index is 811. The molecular weight excluding hydrogens is 336 g/mol. The predicted molar refractivity (Wildman–Crippen MR) is 88.9 cm³/mol. The molecule has 0 bridgehead atoms. The topological polar surface area (TPSA) is 76.8 Å². The smallest absolute Gasteiger partial charge is 0.209 e. The fourth-order valence-corrected chi connectivity index (χ4v) is 3.27. The number of halogens is 1. The van der Waals surface area contributed by atoms with Crippen molar-refractivity contribution in [2.75, 3.05) is 7.11 Å². The number of benzene rings is 1. The van der Waals surface area contributed by atoms with Crippen LogP contribution in [-0.4, -0.2) is 27.4 Å². The number of thioether (sulfide) groups is 1. The minimum absolute atomic E-state index is 0.613. The van der Waals surface area contributed by atoms with Crippen molar-refractivity contribution in [3.8, 4) is 17.1 Å². The molecule has 1 N–H and O–H groups in total. The quantitative estimate of drug-likeness (QED) is 0.700. The van der Waals surface area contributed by atoms with E-state index in [2.05, 4.69) is 20.3 Å². The van der Waals surface area contributed by atoms with Crippen molar-refractivity contribution in [1.29, 1.82) is 0 Å². The highest BCUT2D eigenvalue weighted by Crippen LogP contribution is 2.32. The summed E-state index contributed by atoms with van der Waals surface area (Å²) in [6.45, 7) is 3.82. The van der Waals surface area contributed by atoms with Gasteiger partial charge in [0.15, 0.2) is 5.82 Å². The average Bonchev–Trinajstić information content (AvgIpc) is 3.13. The lowest BCUT2D eigenvalue weighted by atomic mass is 10.2. The van der Waals surface area contributed by atoms with E-state index < -0.39 is 0 Å². The average molecular weight is 351 g/mol. The molecule has 2 heterocycles. The summed E-state index contributed by atoms with van der Waals surface area (Å²) in [4.78, 5) is 4.50. The Hall–Kier alpha value is -1.99. The van der Waals surface area contributed by atoms with Gasteiger partial charge in [-0.15, -0.1) is 5.10 Å². The first kappa shape index (κ1) is 15.9. The van der Waals surface area contributed by atoms with Gasteiger partial charge in [0.1, 0.15) is 11.5 Å². The normalized spacial score (nSPS) is 11.0. The van der Waals surface area contributed by atoms with Crippen molar-refractivity contribution in [2.24, 2.45) is 0 Å². The van der Waals surface area contributed by atoms with Crippen molar-refractivity contribution in [2.45, 2.75) is 24.8 Å². The van der Waals surface area contributed by atoms with Crippen LogP contribution in [0.1, 0.15) is 17.0 Å². The van der Waals surface area contributed by atoms with Gasteiger partial charge in [0.25, 0.3) is 0 Å². The number of aryl methyl sites for hydroxylation is 2. The number of nitrogens with zero attached hydrogens (tertiary/aromatic N) is 3. The molecule has 6 nitrogen and oxygen atoms in total. The number of H-pyrrole nitrogens is 1. The van der Waals surface area contributed by atoms with Gasteiger partial charge in [0.2, 0.25) is 5.16 Å². The lowest BCUT2D eigenvalue weighted by molar-refractivity contribution is 0.392. The minimum atomic E-state index is 0.613. The molecule has 0 aliphatic carbocycles. The van der Waals surface area contributed by atoms with Gasteiger partial charge in [-0.05, 0) is 32.0 Å². The summed E-state index contributed by atoms with van der Waals surface area (Å²) in [6, 6.07) is 5.37. The number of aromatic nitrogens is 4. The molecule has 0 saturated carbocycles. The summed E-state index contributed by atoms with van der Waals surface area (Å²) in [5, 5.41) is 12.4. The highest BCUT2D eigenvalue weighted by Gasteiger charge is 2.14. The van der Waals surface area contributed by atoms with Crippen LogP contribution >= 0.6 is 23.4 Å². The van der Waals surface area contributed by atoms with Crippen molar-refractivity contribution in [1.82, 2.24) is 20.3 Å². The Morgan fingerprint density at radius 2 is 2.17 bits per heavy atom. The van der Waals surface area contributed by atoms with Gasteiger partial charge in [-0.2, -0.15) is 0 Å². The minimum Gasteiger partial charge on any atom is -0.496 e. The molecule has 8 heteroatoms. The maximum absolute atomic E-state index is 6.05. The first-order valence-corrected chi connectivity index (χ1v) is 8.25. The van der Waals surface area contributed by atoms with Gasteiger partial charge < -0.3 is 9.26 Å². The van der Waals surface area contributed by atoms with Crippen molar-refractivity contribution in [3.63, 3.8) is 0 Å². The molecule has 0 spiro atoms. The molecule has 1 aromatic carbocycles. The highest BCUT2D eigenvalue weighted by atomic mass is 35.5. The molecule has 3 aromatic rings. The van der Waals surface area contributed by atoms with E-state index in [0.717, 1.165) is 22.6 Å². The third-order valence-electron chi connectivity index (χ3n) is 3.41. The summed E-state index contributed by atoms with van der Waals surface area (Å²) < 4.78 is 10.5. The maximum Gasteiger partial charge on any atom is 0.209 e. The molecule has 23 heavy (non-hydrogen) atoms. The van der Waals surface area contributed by atoms with E-state index in [9.17, 15) is 0 Å². The van der Waals surface area contributed by atoms with E-state index >= 15 is 0 Å². The highest BCUT2D eigenvalue weighted by molar-refractivity contribution is 7.98. The predicted octanol–water partition coefficient (Wildman–Crippen LogP) is 4.03. The molecule has 0 amide bonds. The number of methoxy groups -OCH3 is 1. The van der Waals surface area contributed by atoms with Crippen LogP contribution in [0.25, 0.3) is 11.4 Å². The van der Waals surface area contributed by atoms with Crippen LogP contribution in [0.5, 0.6) is 5.75 Å². The molecule has 0 fully saturated rings. The van der Waals surface area contributed by atoms with Crippen molar-refractivity contribution in [3.05, 3.63) is 40.2 Å². The van der Waals surface area contributed by atoms with E-state index in [1.54, 1.807) is 25.3 Å². The summed E-state index contributed by atoms with van der Waals surface area (Å²) in [5.74, 6) is 2.83. The zero-order chi connectivity index (χ0) is 16.4. The second kappa shape index (κ2) is 6.64. The molecule has 3 rings (SSSR count). The molecule has 0 aliphatic heterocycles. The van der Waals surface area contributed by atoms with Gasteiger partial charge in [-0.1, -0.05) is 28.5 Å². The molecule has 0 atom stereocenters. The van der Waals surface area contributed by atoms with Gasteiger partial charge >= 0.3 is 0 Å². The molecule has 0 unspecified atom stereocenters. The lowest BCUT2D eigenvalue weighted by Gasteiger charge is -2.05. The number of aromatic amines is 1. The number of rotatable bonds is 5. The van der Waals surface area contributed by atoms with E-state index in [-0.39, 0.29) is 0 Å². The van der Waals surface area contributed by atoms with Gasteiger partial charge in [-0.3, -0.25) is 5.10 Å². The molecule has 120 valence electrons. The molecular formula is C15H15ClN4O2S. The Kier molecular flexibility index (Phi) is 4.58. The number of hydrogen-bond acceptors (Lipinski definition) is 6. The number of hydrogen-bond donors (Lipinski definition) is 1. The first-order valence-electron chi connectivity index (χ1n) is 6.89. The number of ether oxygens (including phenoxy) is 1. The van der Waals surface area contributed by atoms with Crippen LogP contribution in [0.15, 0.2) is 27.9 Å². The van der Waals surface area contributed by atoms with Crippen LogP contribution in [0, 0.1) is 13.8 Å². The monoisotopic (exact) mass is 350 g/mol. The zero-order valence-corrected chi connectivity index (χ0v) is 14.5. The van der Waals surface area contributed by atoms with Gasteiger partial charge in [0.05, 0.1) is 18.4 Å². The SMILES string of the molecule is COc1ccc(Cl)cc1-c1nc(SCc2c(C)noc2C)n[nH]1. The molecule has 2 aromatic heterocycles. The summed E-state index contributed by atoms with van der Waals surface area (Å²) >= 11 is 7.57. The summed E-state index contributed by atoms with van der Waals surface area (Å²) in [7, 11) is 1.61. The second-order valence-electron chi connectivity index (χ2n) is 4.90. The van der Waals surface area contributed by atoms with Gasteiger partial charge in [-0.25, -0.2) is 4.98 Å². The fraction of sp³-hybridized carbons (Fsp3) is 0.267. The molecule has 0 saturated heterocycles. The van der Waals surface area contributed by atoms with Crippen LogP contribution < -0.4 is 4.74 Å². The fourth-order valence-electron chi connectivity index (χ4n) is 2.14. The Morgan fingerprint density at radius 3 is 2.87 bits per heavy atom. The van der Waals surface area contributed by atoms with Crippen LogP contribution in [-0.2, 0) is 5.75 Å². The van der Waals surface area contributed by atoms with Crippen LogP contribution in [0.3, 0.4) is 0 Å². The van der Waals surface area contributed by atoms with Crippen LogP contribution in [0.2, 0.25) is 5.02 Å². The third kappa shape index (κ3) is 3.35. The Morgan fingerprint density at radius 1 is 1.35 bits per heavy atom. The van der Waals surface area contributed by atoms with Gasteiger partial charge in [0, 0.05) is 16.3 Å². The summed E-state index contributed by atoms with van der Waals surface area (Å²) in [6.07, 6.45) is 0. The molecule has 0 aliphatic rings. The van der Waals surface area contributed by atoms with Crippen molar-refractivity contribution < 1.29 is 9.26 Å². The summed E-state index contributed by atoms with van der Waals surface area (Å²) in [5.41, 5.74) is 2.74. The zero-order valence-electron chi connectivity index (χ0n) is 12.9. The maximum atomic E-state index is 6.05. The largest absolute Gasteiger partial charge is 0.496 e. The second-order valence-corrected chi connectivity index (χ2v) is 6.28. The lowest BCUT2D eigenvalue weighted by Crippen LogP contribution is -1.89. The van der Waals surface area contributed by atoms with E-state index in [1.165, 1.54) is 11.8 Å². The molecule has 0 radical (unpaired) electrons. The van der Waals surface area contributed by atoms with Crippen LogP contribution in [0.4, 0.5) is 0 Å².